The van der Waals surface area contributed by atoms with Crippen LogP contribution in [0.15, 0.2) is 35.7 Å². The van der Waals surface area contributed by atoms with E-state index >= 15 is 0 Å². The Morgan fingerprint density at radius 1 is 1.16 bits per heavy atom. The lowest BCUT2D eigenvalue weighted by atomic mass is 10.2. The fraction of sp³-hybridized carbons (Fsp3) is 0.133. The molecule has 3 aromatic rings. The summed E-state index contributed by atoms with van der Waals surface area (Å²) in [6.45, 7) is -0.0777. The third-order valence-corrected chi connectivity index (χ3v) is 3.95. The Balaban J connectivity index is 1.73. The van der Waals surface area contributed by atoms with Crippen molar-refractivity contribution in [2.24, 2.45) is 0 Å². The number of esters is 1. The minimum atomic E-state index is -0.446. The first kappa shape index (κ1) is 17.1. The highest BCUT2D eigenvalue weighted by Crippen LogP contribution is 2.26. The number of hydrogen-bond donors (Lipinski definition) is 2. The van der Waals surface area contributed by atoms with Gasteiger partial charge in [0.05, 0.1) is 12.8 Å². The van der Waals surface area contributed by atoms with Crippen LogP contribution in [0.5, 0.6) is 0 Å². The molecular weight excluding hydrogens is 364 g/mol. The van der Waals surface area contributed by atoms with Gasteiger partial charge >= 0.3 is 5.97 Å². The van der Waals surface area contributed by atoms with E-state index < -0.39 is 5.97 Å². The lowest BCUT2D eigenvalue weighted by molar-refractivity contribution is -0.138. The zero-order valence-electron chi connectivity index (χ0n) is 13.1. The van der Waals surface area contributed by atoms with E-state index in [4.69, 9.17) is 11.6 Å². The number of nitrogens with zero attached hydrogens (tertiary/aromatic N) is 4. The highest BCUT2D eigenvalue weighted by molar-refractivity contribution is 7.14. The molecule has 0 fully saturated rings. The molecule has 0 aliphatic rings. The minimum Gasteiger partial charge on any atom is -0.468 e. The SMILES string of the molecule is COC(=O)CNc1nc(Cl)nc(Nc2nc(-c3ccccc3)cs2)n1. The normalized spacial score (nSPS) is 10.3. The van der Waals surface area contributed by atoms with Crippen LogP contribution in [0.2, 0.25) is 5.28 Å². The van der Waals surface area contributed by atoms with Crippen molar-refractivity contribution < 1.29 is 9.53 Å². The molecule has 2 heterocycles. The number of nitrogens with one attached hydrogen (secondary N) is 2. The van der Waals surface area contributed by atoms with E-state index in [0.29, 0.717) is 5.13 Å². The summed E-state index contributed by atoms with van der Waals surface area (Å²) >= 11 is 7.30. The van der Waals surface area contributed by atoms with Crippen LogP contribution >= 0.6 is 22.9 Å². The van der Waals surface area contributed by atoms with Gasteiger partial charge in [-0.2, -0.15) is 15.0 Å². The summed E-state index contributed by atoms with van der Waals surface area (Å²) in [5.74, 6) is -0.0625. The van der Waals surface area contributed by atoms with Crippen LogP contribution in [0.4, 0.5) is 17.0 Å². The number of carbonyl (C=O) groups is 1. The largest absolute Gasteiger partial charge is 0.468 e. The second-order valence-corrected chi connectivity index (χ2v) is 5.91. The van der Waals surface area contributed by atoms with Crippen molar-refractivity contribution in [2.75, 3.05) is 24.3 Å². The Morgan fingerprint density at radius 2 is 1.92 bits per heavy atom. The van der Waals surface area contributed by atoms with Crippen molar-refractivity contribution in [1.29, 1.82) is 0 Å². The molecule has 3 rings (SSSR count). The number of carbonyl (C=O) groups excluding carboxylic acids is 1. The molecule has 0 aliphatic carbocycles. The van der Waals surface area contributed by atoms with Crippen LogP contribution in [-0.4, -0.2) is 39.6 Å². The molecule has 25 heavy (non-hydrogen) atoms. The third kappa shape index (κ3) is 4.61. The van der Waals surface area contributed by atoms with E-state index in [-0.39, 0.29) is 23.7 Å². The second-order valence-electron chi connectivity index (χ2n) is 4.71. The van der Waals surface area contributed by atoms with Gasteiger partial charge in [-0.05, 0) is 11.6 Å². The average Bonchev–Trinajstić information content (AvgIpc) is 3.08. The number of methoxy groups -OCH3 is 1. The maximum Gasteiger partial charge on any atom is 0.325 e. The van der Waals surface area contributed by atoms with Gasteiger partial charge in [0.1, 0.15) is 6.54 Å². The summed E-state index contributed by atoms with van der Waals surface area (Å²) in [5.41, 5.74) is 1.86. The van der Waals surface area contributed by atoms with E-state index in [1.165, 1.54) is 18.4 Å². The first-order chi connectivity index (χ1) is 12.1. The van der Waals surface area contributed by atoms with Crippen LogP contribution in [0, 0.1) is 0 Å². The Morgan fingerprint density at radius 3 is 2.68 bits per heavy atom. The number of halogens is 1. The van der Waals surface area contributed by atoms with Gasteiger partial charge in [-0.15, -0.1) is 11.3 Å². The lowest BCUT2D eigenvalue weighted by Gasteiger charge is -2.06. The van der Waals surface area contributed by atoms with Gasteiger partial charge in [0.2, 0.25) is 17.2 Å². The zero-order valence-corrected chi connectivity index (χ0v) is 14.6. The topological polar surface area (TPSA) is 102 Å². The van der Waals surface area contributed by atoms with Crippen LogP contribution in [-0.2, 0) is 9.53 Å². The van der Waals surface area contributed by atoms with E-state index in [1.807, 2.05) is 35.7 Å². The van der Waals surface area contributed by atoms with E-state index in [1.54, 1.807) is 0 Å². The second kappa shape index (κ2) is 7.86. The van der Waals surface area contributed by atoms with Gasteiger partial charge in [0.25, 0.3) is 0 Å². The molecule has 128 valence electrons. The molecule has 0 spiro atoms. The molecule has 0 amide bonds. The molecule has 10 heteroatoms. The summed E-state index contributed by atoms with van der Waals surface area (Å²) in [5, 5.41) is 8.23. The molecule has 0 radical (unpaired) electrons. The van der Waals surface area contributed by atoms with Gasteiger partial charge in [-0.25, -0.2) is 4.98 Å². The minimum absolute atomic E-state index is 0.00953. The van der Waals surface area contributed by atoms with Gasteiger partial charge < -0.3 is 10.1 Å². The number of benzene rings is 1. The van der Waals surface area contributed by atoms with Gasteiger partial charge in [-0.3, -0.25) is 10.1 Å². The van der Waals surface area contributed by atoms with Crippen LogP contribution in [0.25, 0.3) is 11.3 Å². The predicted molar refractivity (Wildman–Crippen MR) is 96.2 cm³/mol. The fourth-order valence-electron chi connectivity index (χ4n) is 1.88. The van der Waals surface area contributed by atoms with E-state index in [2.05, 4.69) is 35.3 Å². The van der Waals surface area contributed by atoms with Gasteiger partial charge in [-0.1, -0.05) is 30.3 Å². The fourth-order valence-corrected chi connectivity index (χ4v) is 2.75. The maximum atomic E-state index is 11.2. The molecule has 1 aromatic carbocycles. The van der Waals surface area contributed by atoms with Crippen LogP contribution in [0.1, 0.15) is 0 Å². The van der Waals surface area contributed by atoms with Crippen LogP contribution in [0.3, 0.4) is 0 Å². The maximum absolute atomic E-state index is 11.2. The molecule has 0 saturated carbocycles. The molecule has 0 bridgehead atoms. The molecule has 0 aliphatic heterocycles. The van der Waals surface area contributed by atoms with Crippen molar-refractivity contribution in [3.8, 4) is 11.3 Å². The highest BCUT2D eigenvalue weighted by Gasteiger charge is 2.10. The first-order valence-electron chi connectivity index (χ1n) is 7.14. The Bertz CT molecular complexity index is 873. The average molecular weight is 377 g/mol. The van der Waals surface area contributed by atoms with E-state index in [9.17, 15) is 4.79 Å². The Labute approximate surface area is 152 Å². The number of hydrogen-bond acceptors (Lipinski definition) is 9. The Hall–Kier alpha value is -2.78. The van der Waals surface area contributed by atoms with Gasteiger partial charge in [0, 0.05) is 10.9 Å². The highest BCUT2D eigenvalue weighted by atomic mass is 35.5. The third-order valence-electron chi connectivity index (χ3n) is 3.02. The van der Waals surface area contributed by atoms with Crippen LogP contribution < -0.4 is 10.6 Å². The molecule has 2 aromatic heterocycles. The molecule has 8 nitrogen and oxygen atoms in total. The van der Waals surface area contributed by atoms with Gasteiger partial charge in [0.15, 0.2) is 5.13 Å². The summed E-state index contributed by atoms with van der Waals surface area (Å²) in [6, 6.07) is 9.81. The zero-order chi connectivity index (χ0) is 17.6. The number of rotatable bonds is 6. The smallest absolute Gasteiger partial charge is 0.325 e. The monoisotopic (exact) mass is 376 g/mol. The van der Waals surface area contributed by atoms with Crippen molar-refractivity contribution in [1.82, 2.24) is 19.9 Å². The standard InChI is InChI=1S/C15H13ClN6O2S/c1-24-11(23)7-17-13-19-12(16)20-14(21-13)22-15-18-10(8-25-15)9-5-3-2-4-6-9/h2-6,8H,7H2,1H3,(H2,17,18,19,20,21,22). The van der Waals surface area contributed by atoms with Crippen molar-refractivity contribution in [3.05, 3.63) is 41.0 Å². The number of anilines is 3. The molecular formula is C15H13ClN6O2S. The summed E-state index contributed by atoms with van der Waals surface area (Å²) in [4.78, 5) is 27.7. The summed E-state index contributed by atoms with van der Waals surface area (Å²) in [7, 11) is 1.30. The lowest BCUT2D eigenvalue weighted by Crippen LogP contribution is -2.17. The van der Waals surface area contributed by atoms with Crippen molar-refractivity contribution in [3.63, 3.8) is 0 Å². The molecule has 0 atom stereocenters. The van der Waals surface area contributed by atoms with Crippen molar-refractivity contribution in [2.45, 2.75) is 0 Å². The quantitative estimate of drug-likeness (QED) is 0.633. The summed E-state index contributed by atoms with van der Waals surface area (Å²) in [6.07, 6.45) is 0. The molecule has 0 unspecified atom stereocenters. The van der Waals surface area contributed by atoms with Crippen molar-refractivity contribution >= 4 is 45.9 Å². The van der Waals surface area contributed by atoms with E-state index in [0.717, 1.165) is 11.3 Å². The number of thiazole rings is 1. The summed E-state index contributed by atoms with van der Waals surface area (Å²) < 4.78 is 4.54. The number of aromatic nitrogens is 4. The Kier molecular flexibility index (Phi) is 5.36. The predicted octanol–water partition coefficient (Wildman–Crippen LogP) is 2.98. The first-order valence-corrected chi connectivity index (χ1v) is 8.40. The molecule has 0 saturated heterocycles. The number of ether oxygens (including phenoxy) is 1. The molecule has 2 N–H and O–H groups in total.